The van der Waals surface area contributed by atoms with Gasteiger partial charge in [-0.25, -0.2) is 0 Å². The number of amides is 1. The van der Waals surface area contributed by atoms with Crippen LogP contribution in [0.1, 0.15) is 44.4 Å². The zero-order chi connectivity index (χ0) is 14.8. The molecule has 0 unspecified atom stereocenters. The van der Waals surface area contributed by atoms with Crippen LogP contribution in [0.2, 0.25) is 0 Å². The van der Waals surface area contributed by atoms with Gasteiger partial charge in [-0.3, -0.25) is 9.69 Å². The van der Waals surface area contributed by atoms with E-state index in [0.717, 1.165) is 45.3 Å². The van der Waals surface area contributed by atoms with Gasteiger partial charge in [-0.15, -0.1) is 11.3 Å². The van der Waals surface area contributed by atoms with Crippen LogP contribution in [-0.4, -0.2) is 42.4 Å². The van der Waals surface area contributed by atoms with E-state index in [1.54, 1.807) is 11.3 Å². The van der Waals surface area contributed by atoms with E-state index < -0.39 is 0 Å². The second-order valence-corrected chi connectivity index (χ2v) is 6.37. The van der Waals surface area contributed by atoms with Gasteiger partial charge >= 0.3 is 0 Å². The van der Waals surface area contributed by atoms with Crippen molar-refractivity contribution in [1.29, 1.82) is 0 Å². The first-order chi connectivity index (χ1) is 9.67. The summed E-state index contributed by atoms with van der Waals surface area (Å²) < 4.78 is 0. The van der Waals surface area contributed by atoms with Crippen molar-refractivity contribution in [3.8, 4) is 0 Å². The lowest BCUT2D eigenvalue weighted by Crippen LogP contribution is -2.39. The molecule has 0 atom stereocenters. The summed E-state index contributed by atoms with van der Waals surface area (Å²) in [7, 11) is 2.02. The molecule has 0 N–H and O–H groups in total. The summed E-state index contributed by atoms with van der Waals surface area (Å²) in [5.41, 5.74) is 0. The smallest absolute Gasteiger partial charge is 0.236 e. The van der Waals surface area contributed by atoms with Gasteiger partial charge in [0.05, 0.1) is 6.54 Å². The highest BCUT2D eigenvalue weighted by atomic mass is 32.1. The van der Waals surface area contributed by atoms with Crippen LogP contribution < -0.4 is 0 Å². The molecule has 0 saturated heterocycles. The number of thiophene rings is 1. The Bertz CT molecular complexity index is 357. The molecule has 0 bridgehead atoms. The molecule has 0 aliphatic carbocycles. The van der Waals surface area contributed by atoms with Gasteiger partial charge in [-0.1, -0.05) is 32.8 Å². The number of unbranched alkanes of at least 4 members (excludes halogenated alkanes) is 2. The number of rotatable bonds is 10. The third kappa shape index (κ3) is 6.53. The maximum atomic E-state index is 12.4. The molecule has 3 nitrogen and oxygen atoms in total. The summed E-state index contributed by atoms with van der Waals surface area (Å²) >= 11 is 1.75. The van der Waals surface area contributed by atoms with Gasteiger partial charge in [0.25, 0.3) is 0 Å². The standard InChI is InChI=1S/C16H28N2OS/c1-4-6-10-18(11-7-5-2)16(19)14-17(3)13-15-9-8-12-20-15/h8-9,12H,4-7,10-11,13-14H2,1-3H3. The second-order valence-electron chi connectivity index (χ2n) is 5.34. The molecule has 114 valence electrons. The Kier molecular flexibility index (Phi) is 8.54. The van der Waals surface area contributed by atoms with E-state index >= 15 is 0 Å². The van der Waals surface area contributed by atoms with Gasteiger partial charge in [0.1, 0.15) is 0 Å². The molecule has 0 fully saturated rings. The minimum atomic E-state index is 0.269. The highest BCUT2D eigenvalue weighted by molar-refractivity contribution is 7.09. The van der Waals surface area contributed by atoms with Gasteiger partial charge in [0, 0.05) is 24.5 Å². The molecule has 0 saturated carbocycles. The topological polar surface area (TPSA) is 23.6 Å². The first-order valence-corrected chi connectivity index (χ1v) is 8.54. The number of likely N-dealkylation sites (N-methyl/N-ethyl adjacent to an activating group) is 1. The lowest BCUT2D eigenvalue weighted by molar-refractivity contribution is -0.132. The summed E-state index contributed by atoms with van der Waals surface area (Å²) in [4.78, 5) is 17.8. The number of hydrogen-bond donors (Lipinski definition) is 0. The fourth-order valence-electron chi connectivity index (χ4n) is 2.11. The Labute approximate surface area is 127 Å². The van der Waals surface area contributed by atoms with Crippen molar-refractivity contribution in [3.05, 3.63) is 22.4 Å². The Balaban J connectivity index is 2.42. The fraction of sp³-hybridized carbons (Fsp3) is 0.688. The monoisotopic (exact) mass is 296 g/mol. The van der Waals surface area contributed by atoms with Gasteiger partial charge in [-0.2, -0.15) is 0 Å². The second kappa shape index (κ2) is 9.94. The zero-order valence-corrected chi connectivity index (χ0v) is 13.9. The van der Waals surface area contributed by atoms with Crippen molar-refractivity contribution in [1.82, 2.24) is 9.80 Å². The van der Waals surface area contributed by atoms with Gasteiger partial charge in [0.15, 0.2) is 0 Å². The van der Waals surface area contributed by atoms with Crippen molar-refractivity contribution < 1.29 is 4.79 Å². The van der Waals surface area contributed by atoms with Crippen molar-refractivity contribution in [2.75, 3.05) is 26.7 Å². The molecule has 20 heavy (non-hydrogen) atoms. The van der Waals surface area contributed by atoms with Crippen molar-refractivity contribution in [2.24, 2.45) is 0 Å². The predicted molar refractivity (Wildman–Crippen MR) is 87.0 cm³/mol. The van der Waals surface area contributed by atoms with E-state index in [9.17, 15) is 4.79 Å². The number of carbonyl (C=O) groups excluding carboxylic acids is 1. The third-order valence-electron chi connectivity index (χ3n) is 3.33. The molecule has 0 aliphatic heterocycles. The molecule has 0 aromatic carbocycles. The van der Waals surface area contributed by atoms with Crippen LogP contribution in [0.15, 0.2) is 17.5 Å². The van der Waals surface area contributed by atoms with E-state index in [1.807, 2.05) is 11.9 Å². The number of nitrogens with zero attached hydrogens (tertiary/aromatic N) is 2. The van der Waals surface area contributed by atoms with Crippen molar-refractivity contribution in [2.45, 2.75) is 46.1 Å². The normalized spacial score (nSPS) is 11.0. The molecule has 1 rings (SSSR count). The Hall–Kier alpha value is -0.870. The molecule has 0 spiro atoms. The molecule has 0 aliphatic rings. The van der Waals surface area contributed by atoms with Crippen LogP contribution in [-0.2, 0) is 11.3 Å². The lowest BCUT2D eigenvalue weighted by Gasteiger charge is -2.25. The van der Waals surface area contributed by atoms with E-state index in [1.165, 1.54) is 4.88 Å². The summed E-state index contributed by atoms with van der Waals surface area (Å²) in [6.07, 6.45) is 4.48. The van der Waals surface area contributed by atoms with Crippen LogP contribution in [0.25, 0.3) is 0 Å². The quantitative estimate of drug-likeness (QED) is 0.658. The van der Waals surface area contributed by atoms with Crippen LogP contribution in [0, 0.1) is 0 Å². The van der Waals surface area contributed by atoms with Gasteiger partial charge in [-0.05, 0) is 31.3 Å². The van der Waals surface area contributed by atoms with Crippen LogP contribution in [0.3, 0.4) is 0 Å². The van der Waals surface area contributed by atoms with Crippen molar-refractivity contribution >= 4 is 17.2 Å². The predicted octanol–water partition coefficient (Wildman–Crippen LogP) is 3.61. The molecule has 1 amide bonds. The van der Waals surface area contributed by atoms with E-state index in [-0.39, 0.29) is 5.91 Å². The SMILES string of the molecule is CCCCN(CCCC)C(=O)CN(C)Cc1cccs1. The first-order valence-electron chi connectivity index (χ1n) is 7.66. The molecule has 1 heterocycles. The largest absolute Gasteiger partial charge is 0.342 e. The first kappa shape index (κ1) is 17.2. The van der Waals surface area contributed by atoms with Crippen LogP contribution in [0.5, 0.6) is 0 Å². The van der Waals surface area contributed by atoms with Crippen LogP contribution >= 0.6 is 11.3 Å². The molecule has 4 heteroatoms. The summed E-state index contributed by atoms with van der Waals surface area (Å²) in [5, 5.41) is 2.08. The number of hydrogen-bond acceptors (Lipinski definition) is 3. The minimum absolute atomic E-state index is 0.269. The molecular formula is C16H28N2OS. The molecule has 0 radical (unpaired) electrons. The highest BCUT2D eigenvalue weighted by Gasteiger charge is 2.14. The lowest BCUT2D eigenvalue weighted by atomic mass is 10.2. The highest BCUT2D eigenvalue weighted by Crippen LogP contribution is 2.11. The maximum absolute atomic E-state index is 12.4. The van der Waals surface area contributed by atoms with E-state index in [4.69, 9.17) is 0 Å². The third-order valence-corrected chi connectivity index (χ3v) is 4.19. The van der Waals surface area contributed by atoms with Crippen molar-refractivity contribution in [3.63, 3.8) is 0 Å². The van der Waals surface area contributed by atoms with Gasteiger partial charge < -0.3 is 4.90 Å². The van der Waals surface area contributed by atoms with Gasteiger partial charge in [0.2, 0.25) is 5.91 Å². The fourth-order valence-corrected chi connectivity index (χ4v) is 2.90. The molecule has 1 aromatic heterocycles. The zero-order valence-electron chi connectivity index (χ0n) is 13.1. The number of carbonyl (C=O) groups is 1. The molecule has 1 aromatic rings. The summed E-state index contributed by atoms with van der Waals surface area (Å²) in [5.74, 6) is 0.269. The minimum Gasteiger partial charge on any atom is -0.342 e. The molecular weight excluding hydrogens is 268 g/mol. The van der Waals surface area contributed by atoms with E-state index in [2.05, 4.69) is 36.3 Å². The Morgan fingerprint density at radius 2 is 1.85 bits per heavy atom. The van der Waals surface area contributed by atoms with Crippen LogP contribution in [0.4, 0.5) is 0 Å². The maximum Gasteiger partial charge on any atom is 0.236 e. The Morgan fingerprint density at radius 3 is 2.35 bits per heavy atom. The summed E-state index contributed by atoms with van der Waals surface area (Å²) in [6, 6.07) is 4.18. The Morgan fingerprint density at radius 1 is 1.20 bits per heavy atom. The average Bonchev–Trinajstić information content (AvgIpc) is 2.91. The van der Waals surface area contributed by atoms with E-state index in [0.29, 0.717) is 6.54 Å². The average molecular weight is 296 g/mol. The summed E-state index contributed by atoms with van der Waals surface area (Å²) in [6.45, 7) is 7.53.